The van der Waals surface area contributed by atoms with E-state index in [-0.39, 0.29) is 5.97 Å². The molecule has 0 saturated carbocycles. The number of carbonyl (C=O) groups excluding carboxylic acids is 1. The second-order valence-electron chi connectivity index (χ2n) is 5.33. The van der Waals surface area contributed by atoms with E-state index in [0.717, 1.165) is 42.9 Å². The number of nitrogens with zero attached hydrogens (tertiary/aromatic N) is 1. The van der Waals surface area contributed by atoms with E-state index in [2.05, 4.69) is 4.90 Å². The highest BCUT2D eigenvalue weighted by molar-refractivity contribution is 7.17. The molecule has 0 atom stereocenters. The Labute approximate surface area is 139 Å². The Balaban J connectivity index is 1.71. The molecule has 124 valence electrons. The van der Waals surface area contributed by atoms with E-state index in [1.54, 1.807) is 18.3 Å². The first-order valence-electron chi connectivity index (χ1n) is 7.89. The Kier molecular flexibility index (Phi) is 5.48. The zero-order chi connectivity index (χ0) is 16.1. The van der Waals surface area contributed by atoms with E-state index in [0.29, 0.717) is 24.5 Å². The summed E-state index contributed by atoms with van der Waals surface area (Å²) < 4.78 is 17.5. The van der Waals surface area contributed by atoms with Crippen molar-refractivity contribution < 1.29 is 19.0 Å². The lowest BCUT2D eigenvalue weighted by molar-refractivity contribution is 0.0320. The Morgan fingerprint density at radius 3 is 2.96 bits per heavy atom. The standard InChI is InChI=1S/C17H21NO4S/c1-2-21-17(19)14-11-13-3-10-23-16(13)12-15(14)22-9-6-18-4-7-20-8-5-18/h3,10-12H,2,4-9H2,1H3. The number of ether oxygens (including phenoxy) is 3. The molecule has 23 heavy (non-hydrogen) atoms. The number of esters is 1. The van der Waals surface area contributed by atoms with Gasteiger partial charge in [-0.2, -0.15) is 0 Å². The van der Waals surface area contributed by atoms with Crippen LogP contribution in [0.1, 0.15) is 17.3 Å². The van der Waals surface area contributed by atoms with E-state index < -0.39 is 0 Å². The molecule has 0 radical (unpaired) electrons. The summed E-state index contributed by atoms with van der Waals surface area (Å²) in [7, 11) is 0. The monoisotopic (exact) mass is 335 g/mol. The van der Waals surface area contributed by atoms with Gasteiger partial charge in [0.25, 0.3) is 0 Å². The van der Waals surface area contributed by atoms with Crippen LogP contribution < -0.4 is 4.74 Å². The Morgan fingerprint density at radius 2 is 2.17 bits per heavy atom. The predicted octanol–water partition coefficient (Wildman–Crippen LogP) is 2.79. The molecule has 0 amide bonds. The molecule has 1 aromatic carbocycles. The van der Waals surface area contributed by atoms with Crippen LogP contribution in [0.4, 0.5) is 0 Å². The van der Waals surface area contributed by atoms with Crippen LogP contribution in [0, 0.1) is 0 Å². The highest BCUT2D eigenvalue weighted by Crippen LogP contribution is 2.30. The summed E-state index contributed by atoms with van der Waals surface area (Å²) >= 11 is 1.64. The summed E-state index contributed by atoms with van der Waals surface area (Å²) in [6, 6.07) is 5.79. The first-order chi connectivity index (χ1) is 11.3. The summed E-state index contributed by atoms with van der Waals surface area (Å²) in [4.78, 5) is 14.5. The first kappa shape index (κ1) is 16.2. The molecule has 1 aromatic heterocycles. The van der Waals surface area contributed by atoms with Gasteiger partial charge in [0.1, 0.15) is 17.9 Å². The van der Waals surface area contributed by atoms with Crippen LogP contribution in [0.2, 0.25) is 0 Å². The molecule has 2 heterocycles. The van der Waals surface area contributed by atoms with Crippen molar-refractivity contribution in [3.8, 4) is 5.75 Å². The minimum Gasteiger partial charge on any atom is -0.491 e. The molecule has 5 nitrogen and oxygen atoms in total. The number of benzene rings is 1. The van der Waals surface area contributed by atoms with Crippen molar-refractivity contribution >= 4 is 27.4 Å². The average Bonchev–Trinajstić information content (AvgIpc) is 3.02. The van der Waals surface area contributed by atoms with Crippen molar-refractivity contribution in [1.29, 1.82) is 0 Å². The van der Waals surface area contributed by atoms with E-state index >= 15 is 0 Å². The Morgan fingerprint density at radius 1 is 1.35 bits per heavy atom. The zero-order valence-corrected chi connectivity index (χ0v) is 14.1. The molecule has 1 aliphatic rings. The molecule has 1 saturated heterocycles. The normalized spacial score (nSPS) is 15.7. The van der Waals surface area contributed by atoms with Crippen LogP contribution in [-0.4, -0.2) is 56.9 Å². The minimum absolute atomic E-state index is 0.332. The number of morpholine rings is 1. The van der Waals surface area contributed by atoms with Crippen molar-refractivity contribution in [2.24, 2.45) is 0 Å². The fraction of sp³-hybridized carbons (Fsp3) is 0.471. The zero-order valence-electron chi connectivity index (χ0n) is 13.2. The van der Waals surface area contributed by atoms with Gasteiger partial charge in [-0.05, 0) is 35.9 Å². The van der Waals surface area contributed by atoms with Crippen molar-refractivity contribution in [3.05, 3.63) is 29.1 Å². The minimum atomic E-state index is -0.332. The van der Waals surface area contributed by atoms with Crippen LogP contribution in [0.5, 0.6) is 5.75 Å². The maximum Gasteiger partial charge on any atom is 0.341 e. The summed E-state index contributed by atoms with van der Waals surface area (Å²) in [6.45, 7) is 6.94. The summed E-state index contributed by atoms with van der Waals surface area (Å²) in [5, 5.41) is 3.05. The number of carbonyl (C=O) groups is 1. The second kappa shape index (κ2) is 7.77. The van der Waals surface area contributed by atoms with Gasteiger partial charge in [-0.25, -0.2) is 4.79 Å². The predicted molar refractivity (Wildman–Crippen MR) is 90.5 cm³/mol. The number of fused-ring (bicyclic) bond motifs is 1. The summed E-state index contributed by atoms with van der Waals surface area (Å²) in [5.41, 5.74) is 0.500. The van der Waals surface area contributed by atoms with Crippen molar-refractivity contribution in [1.82, 2.24) is 4.90 Å². The van der Waals surface area contributed by atoms with Crippen molar-refractivity contribution in [2.45, 2.75) is 6.92 Å². The smallest absolute Gasteiger partial charge is 0.341 e. The highest BCUT2D eigenvalue weighted by atomic mass is 32.1. The molecular weight excluding hydrogens is 314 g/mol. The number of thiophene rings is 1. The van der Waals surface area contributed by atoms with E-state index in [1.807, 2.05) is 23.6 Å². The molecule has 0 spiro atoms. The summed E-state index contributed by atoms with van der Waals surface area (Å²) in [5.74, 6) is 0.272. The van der Waals surface area contributed by atoms with Gasteiger partial charge < -0.3 is 14.2 Å². The third-order valence-electron chi connectivity index (χ3n) is 3.82. The van der Waals surface area contributed by atoms with Crippen LogP contribution in [-0.2, 0) is 9.47 Å². The van der Waals surface area contributed by atoms with Gasteiger partial charge in [-0.3, -0.25) is 4.90 Å². The molecule has 6 heteroatoms. The van der Waals surface area contributed by atoms with Gasteiger partial charge in [0.05, 0.1) is 19.8 Å². The van der Waals surface area contributed by atoms with E-state index in [9.17, 15) is 4.79 Å². The lowest BCUT2D eigenvalue weighted by Gasteiger charge is -2.26. The number of hydrogen-bond acceptors (Lipinski definition) is 6. The molecule has 0 aliphatic carbocycles. The second-order valence-corrected chi connectivity index (χ2v) is 6.28. The quantitative estimate of drug-likeness (QED) is 0.760. The topological polar surface area (TPSA) is 48.0 Å². The third-order valence-corrected chi connectivity index (χ3v) is 4.70. The molecule has 1 aliphatic heterocycles. The van der Waals surface area contributed by atoms with Gasteiger partial charge in [-0.1, -0.05) is 0 Å². The SMILES string of the molecule is CCOC(=O)c1cc2ccsc2cc1OCCN1CCOCC1. The van der Waals surface area contributed by atoms with Crippen LogP contribution in [0.15, 0.2) is 23.6 Å². The molecule has 2 aromatic rings. The van der Waals surface area contributed by atoms with Gasteiger partial charge in [-0.15, -0.1) is 11.3 Å². The molecule has 1 fully saturated rings. The van der Waals surface area contributed by atoms with Gasteiger partial charge in [0.15, 0.2) is 0 Å². The first-order valence-corrected chi connectivity index (χ1v) is 8.77. The van der Waals surface area contributed by atoms with Crippen LogP contribution in [0.3, 0.4) is 0 Å². The van der Waals surface area contributed by atoms with Crippen molar-refractivity contribution in [3.63, 3.8) is 0 Å². The van der Waals surface area contributed by atoms with Gasteiger partial charge in [0, 0.05) is 24.3 Å². The maximum atomic E-state index is 12.2. The van der Waals surface area contributed by atoms with Gasteiger partial charge in [0.2, 0.25) is 0 Å². The molecular formula is C17H21NO4S. The van der Waals surface area contributed by atoms with Gasteiger partial charge >= 0.3 is 5.97 Å². The number of hydrogen-bond donors (Lipinski definition) is 0. The lowest BCUT2D eigenvalue weighted by atomic mass is 10.1. The molecule has 0 unspecified atom stereocenters. The summed E-state index contributed by atoms with van der Waals surface area (Å²) in [6.07, 6.45) is 0. The fourth-order valence-corrected chi connectivity index (χ4v) is 3.39. The largest absolute Gasteiger partial charge is 0.491 e. The average molecular weight is 335 g/mol. The fourth-order valence-electron chi connectivity index (χ4n) is 2.59. The molecule has 0 bridgehead atoms. The lowest BCUT2D eigenvalue weighted by Crippen LogP contribution is -2.38. The van der Waals surface area contributed by atoms with E-state index in [1.165, 1.54) is 0 Å². The van der Waals surface area contributed by atoms with Crippen LogP contribution >= 0.6 is 11.3 Å². The van der Waals surface area contributed by atoms with Crippen molar-refractivity contribution in [2.75, 3.05) is 46.1 Å². The van der Waals surface area contributed by atoms with E-state index in [4.69, 9.17) is 14.2 Å². The number of rotatable bonds is 6. The van der Waals surface area contributed by atoms with Crippen LogP contribution in [0.25, 0.3) is 10.1 Å². The Bertz CT molecular complexity index is 664. The highest BCUT2D eigenvalue weighted by Gasteiger charge is 2.17. The molecule has 3 rings (SSSR count). The molecule has 0 N–H and O–H groups in total. The third kappa shape index (κ3) is 4.02. The maximum absolute atomic E-state index is 12.2. The Hall–Kier alpha value is -1.63.